The number of carboxylic acid groups (broad SMARTS) is 1. The van der Waals surface area contributed by atoms with E-state index in [-0.39, 0.29) is 18.0 Å². The molecule has 0 aliphatic carbocycles. The fourth-order valence-corrected chi connectivity index (χ4v) is 2.90. The number of thioether (sulfide) groups is 1. The van der Waals surface area contributed by atoms with Gasteiger partial charge in [-0.15, -0.1) is 0 Å². The molecular weight excluding hydrogens is 228 g/mol. The quantitative estimate of drug-likeness (QED) is 0.796. The third-order valence-electron chi connectivity index (χ3n) is 2.52. The number of aromatic nitrogens is 2. The van der Waals surface area contributed by atoms with Crippen molar-refractivity contribution < 1.29 is 9.90 Å². The summed E-state index contributed by atoms with van der Waals surface area (Å²) in [4.78, 5) is 26.8. The fourth-order valence-electron chi connectivity index (χ4n) is 1.73. The van der Waals surface area contributed by atoms with E-state index in [1.165, 1.54) is 22.4 Å². The van der Waals surface area contributed by atoms with Gasteiger partial charge in [-0.1, -0.05) is 18.7 Å². The number of hydrogen-bond donors (Lipinski definition) is 1. The van der Waals surface area contributed by atoms with Gasteiger partial charge < -0.3 is 5.11 Å². The third-order valence-corrected chi connectivity index (χ3v) is 3.61. The van der Waals surface area contributed by atoms with Crippen molar-refractivity contribution >= 4 is 17.7 Å². The predicted octanol–water partition coefficient (Wildman–Crippen LogP) is 0.927. The number of hydrogen-bond acceptors (Lipinski definition) is 4. The summed E-state index contributed by atoms with van der Waals surface area (Å²) in [5, 5.41) is 9.39. The Balaban J connectivity index is 2.40. The highest BCUT2D eigenvalue weighted by Crippen LogP contribution is 2.31. The maximum Gasteiger partial charge on any atom is 0.305 e. The van der Waals surface area contributed by atoms with Crippen molar-refractivity contribution in [1.82, 2.24) is 9.55 Å². The van der Waals surface area contributed by atoms with Crippen LogP contribution in [0.15, 0.2) is 16.0 Å². The number of fused-ring (bicyclic) bond motifs is 1. The normalized spacial score (nSPS) is 18.4. The fraction of sp³-hybridized carbons (Fsp3) is 0.500. The molecule has 1 aliphatic heterocycles. The first-order chi connectivity index (χ1) is 7.61. The van der Waals surface area contributed by atoms with Crippen molar-refractivity contribution in [2.75, 3.05) is 5.75 Å². The minimum atomic E-state index is -0.884. The van der Waals surface area contributed by atoms with E-state index < -0.39 is 5.97 Å². The van der Waals surface area contributed by atoms with E-state index in [0.717, 1.165) is 5.69 Å². The Kier molecular flexibility index (Phi) is 3.00. The van der Waals surface area contributed by atoms with Gasteiger partial charge in [-0.2, -0.15) is 0 Å². The maximum atomic E-state index is 11.8. The Morgan fingerprint density at radius 3 is 3.12 bits per heavy atom. The summed E-state index contributed by atoms with van der Waals surface area (Å²) in [5.74, 6) is -0.272. The van der Waals surface area contributed by atoms with Crippen LogP contribution in [-0.4, -0.2) is 26.4 Å². The molecule has 0 saturated carbocycles. The van der Waals surface area contributed by atoms with E-state index in [0.29, 0.717) is 17.3 Å². The Hall–Kier alpha value is -1.30. The van der Waals surface area contributed by atoms with Crippen LogP contribution in [0.5, 0.6) is 0 Å². The zero-order chi connectivity index (χ0) is 11.7. The average Bonchev–Trinajstić information content (AvgIpc) is 2.60. The van der Waals surface area contributed by atoms with Crippen molar-refractivity contribution in [2.45, 2.75) is 31.0 Å². The van der Waals surface area contributed by atoms with Gasteiger partial charge in [-0.25, -0.2) is 4.98 Å². The van der Waals surface area contributed by atoms with Crippen molar-refractivity contribution in [3.63, 3.8) is 0 Å². The van der Waals surface area contributed by atoms with E-state index in [4.69, 9.17) is 5.11 Å². The van der Waals surface area contributed by atoms with E-state index in [9.17, 15) is 9.59 Å². The van der Waals surface area contributed by atoms with Crippen LogP contribution < -0.4 is 5.56 Å². The SMILES string of the molecule is CCc1cc(=O)n2c(n1)SC[C@H]2CC(=O)O. The smallest absolute Gasteiger partial charge is 0.305 e. The van der Waals surface area contributed by atoms with Gasteiger partial charge in [0, 0.05) is 17.5 Å². The summed E-state index contributed by atoms with van der Waals surface area (Å²) in [6, 6.07) is 1.23. The van der Waals surface area contributed by atoms with E-state index in [1.807, 2.05) is 6.92 Å². The second-order valence-electron chi connectivity index (χ2n) is 3.65. The zero-order valence-electron chi connectivity index (χ0n) is 8.84. The van der Waals surface area contributed by atoms with Crippen LogP contribution in [0.3, 0.4) is 0 Å². The summed E-state index contributed by atoms with van der Waals surface area (Å²) in [5.41, 5.74) is 0.623. The molecule has 0 fully saturated rings. The number of rotatable bonds is 3. The average molecular weight is 240 g/mol. The molecular formula is C10H12N2O3S. The molecule has 1 aromatic heterocycles. The molecule has 5 nitrogen and oxygen atoms in total. The molecule has 0 aromatic carbocycles. The van der Waals surface area contributed by atoms with Crippen molar-refractivity contribution in [1.29, 1.82) is 0 Å². The highest BCUT2D eigenvalue weighted by molar-refractivity contribution is 7.99. The molecule has 1 aromatic rings. The first-order valence-electron chi connectivity index (χ1n) is 5.09. The summed E-state index contributed by atoms with van der Waals surface area (Å²) < 4.78 is 1.50. The number of nitrogens with zero attached hydrogens (tertiary/aromatic N) is 2. The largest absolute Gasteiger partial charge is 0.481 e. The highest BCUT2D eigenvalue weighted by atomic mass is 32.2. The van der Waals surface area contributed by atoms with Gasteiger partial charge >= 0.3 is 5.97 Å². The minimum Gasteiger partial charge on any atom is -0.481 e. The molecule has 2 heterocycles. The molecule has 0 radical (unpaired) electrons. The monoisotopic (exact) mass is 240 g/mol. The lowest BCUT2D eigenvalue weighted by molar-refractivity contribution is -0.137. The minimum absolute atomic E-state index is 0.0208. The molecule has 0 saturated heterocycles. The van der Waals surface area contributed by atoms with Crippen LogP contribution in [0.4, 0.5) is 0 Å². The molecule has 0 amide bonds. The van der Waals surface area contributed by atoms with E-state index >= 15 is 0 Å². The molecule has 2 rings (SSSR count). The first kappa shape index (κ1) is 11.2. The topological polar surface area (TPSA) is 72.2 Å². The molecule has 0 bridgehead atoms. The molecule has 1 aliphatic rings. The highest BCUT2D eigenvalue weighted by Gasteiger charge is 2.27. The van der Waals surface area contributed by atoms with Crippen LogP contribution in [-0.2, 0) is 11.2 Å². The first-order valence-corrected chi connectivity index (χ1v) is 6.07. The summed E-state index contributed by atoms with van der Waals surface area (Å²) in [6.07, 6.45) is 0.695. The molecule has 1 N–H and O–H groups in total. The van der Waals surface area contributed by atoms with Crippen LogP contribution in [0, 0.1) is 0 Å². The molecule has 6 heteroatoms. The third kappa shape index (κ3) is 1.97. The second kappa shape index (κ2) is 4.29. The lowest BCUT2D eigenvalue weighted by Crippen LogP contribution is -2.26. The van der Waals surface area contributed by atoms with Crippen LogP contribution >= 0.6 is 11.8 Å². The van der Waals surface area contributed by atoms with Crippen molar-refractivity contribution in [3.8, 4) is 0 Å². The molecule has 0 spiro atoms. The van der Waals surface area contributed by atoms with Gasteiger partial charge in [-0.05, 0) is 6.42 Å². The van der Waals surface area contributed by atoms with Gasteiger partial charge in [-0.3, -0.25) is 14.2 Å². The van der Waals surface area contributed by atoms with Crippen LogP contribution in [0.1, 0.15) is 25.1 Å². The van der Waals surface area contributed by atoms with E-state index in [1.54, 1.807) is 0 Å². The molecule has 0 unspecified atom stereocenters. The Bertz CT molecular complexity index is 483. The number of carboxylic acids is 1. The summed E-state index contributed by atoms with van der Waals surface area (Å²) in [7, 11) is 0. The summed E-state index contributed by atoms with van der Waals surface area (Å²) >= 11 is 1.45. The zero-order valence-corrected chi connectivity index (χ0v) is 9.66. The van der Waals surface area contributed by atoms with Crippen molar-refractivity contribution in [2.24, 2.45) is 0 Å². The maximum absolute atomic E-state index is 11.8. The van der Waals surface area contributed by atoms with Gasteiger partial charge in [0.15, 0.2) is 5.16 Å². The van der Waals surface area contributed by atoms with Gasteiger partial charge in [0.1, 0.15) is 0 Å². The van der Waals surface area contributed by atoms with Gasteiger partial charge in [0.05, 0.1) is 12.5 Å². The molecule has 1 atom stereocenters. The second-order valence-corrected chi connectivity index (χ2v) is 4.64. The van der Waals surface area contributed by atoms with E-state index in [2.05, 4.69) is 4.98 Å². The van der Waals surface area contributed by atoms with Gasteiger partial charge in [0.25, 0.3) is 5.56 Å². The lowest BCUT2D eigenvalue weighted by Gasteiger charge is -2.10. The Morgan fingerprint density at radius 1 is 1.75 bits per heavy atom. The van der Waals surface area contributed by atoms with Gasteiger partial charge in [0.2, 0.25) is 0 Å². The standard InChI is InChI=1S/C10H12N2O3S/c1-2-6-3-8(13)12-7(4-9(14)15)5-16-10(12)11-6/h3,7H,2,4-5H2,1H3,(H,14,15)/t7-/m1/s1. The predicted molar refractivity (Wildman–Crippen MR) is 59.9 cm³/mol. The van der Waals surface area contributed by atoms with Crippen LogP contribution in [0.25, 0.3) is 0 Å². The number of aryl methyl sites for hydroxylation is 1. The Morgan fingerprint density at radius 2 is 2.50 bits per heavy atom. The summed E-state index contributed by atoms with van der Waals surface area (Å²) in [6.45, 7) is 1.94. The lowest BCUT2D eigenvalue weighted by atomic mass is 10.2. The van der Waals surface area contributed by atoms with Crippen LogP contribution in [0.2, 0.25) is 0 Å². The molecule has 16 heavy (non-hydrogen) atoms. The number of carbonyl (C=O) groups is 1. The van der Waals surface area contributed by atoms with Crippen molar-refractivity contribution in [3.05, 3.63) is 22.1 Å². The number of aliphatic carboxylic acids is 1. The Labute approximate surface area is 96.5 Å². The molecule has 86 valence electrons.